The van der Waals surface area contributed by atoms with Crippen molar-refractivity contribution in [1.29, 1.82) is 0 Å². The molecule has 0 aromatic heterocycles. The molecule has 0 bridgehead atoms. The van der Waals surface area contributed by atoms with Gasteiger partial charge in [0, 0.05) is 6.20 Å². The smallest absolute Gasteiger partial charge is 0.0266 e. The van der Waals surface area contributed by atoms with Crippen LogP contribution in [0.15, 0.2) is 52.2 Å². The summed E-state index contributed by atoms with van der Waals surface area (Å²) in [6.07, 6.45) is 11.2. The van der Waals surface area contributed by atoms with Crippen molar-refractivity contribution in [3.8, 4) is 0 Å². The number of allylic oxidation sites excluding steroid dienone is 7. The lowest BCUT2D eigenvalue weighted by Gasteiger charge is -2.04. The minimum absolute atomic E-state index is 1.02. The summed E-state index contributed by atoms with van der Waals surface area (Å²) in [4.78, 5) is 3.72. The molecule has 0 aromatic rings. The van der Waals surface area contributed by atoms with Gasteiger partial charge in [-0.25, -0.2) is 0 Å². The van der Waals surface area contributed by atoms with Gasteiger partial charge in [-0.2, -0.15) is 0 Å². The quantitative estimate of drug-likeness (QED) is 0.567. The first-order chi connectivity index (χ1) is 6.25. The van der Waals surface area contributed by atoms with E-state index in [-0.39, 0.29) is 0 Å². The lowest BCUT2D eigenvalue weighted by molar-refractivity contribution is 1.18. The third-order valence-corrected chi connectivity index (χ3v) is 2.14. The molecule has 0 unspecified atom stereocenters. The average molecular weight is 173 g/mol. The number of hydrogen-bond donors (Lipinski definition) is 0. The van der Waals surface area contributed by atoms with Crippen LogP contribution in [-0.4, -0.2) is 6.72 Å². The minimum Gasteiger partial charge on any atom is -0.272 e. The second-order valence-electron chi connectivity index (χ2n) is 3.17. The lowest BCUT2D eigenvalue weighted by Crippen LogP contribution is -1.85. The van der Waals surface area contributed by atoms with Crippen LogP contribution in [0.3, 0.4) is 0 Å². The summed E-state index contributed by atoms with van der Waals surface area (Å²) in [5.74, 6) is 0. The first-order valence-corrected chi connectivity index (χ1v) is 4.41. The standard InChI is InChI=1S/C12H15N/c1-10-6-4-5-7-11(2)12(10)8-9-13-3/h4-6,8-9H,3,7H2,1-2H3/b9-8-. The van der Waals surface area contributed by atoms with Crippen LogP contribution in [-0.2, 0) is 0 Å². The molecule has 13 heavy (non-hydrogen) atoms. The van der Waals surface area contributed by atoms with Crippen molar-refractivity contribution in [2.45, 2.75) is 20.3 Å². The van der Waals surface area contributed by atoms with Gasteiger partial charge in [0.15, 0.2) is 0 Å². The second kappa shape index (κ2) is 4.61. The largest absolute Gasteiger partial charge is 0.272 e. The SMILES string of the molecule is C=N/C=C\C1=C(C)CC=CC=C1C. The van der Waals surface area contributed by atoms with Gasteiger partial charge in [0.25, 0.3) is 0 Å². The molecule has 0 radical (unpaired) electrons. The van der Waals surface area contributed by atoms with E-state index in [2.05, 4.69) is 43.8 Å². The van der Waals surface area contributed by atoms with Crippen molar-refractivity contribution in [3.05, 3.63) is 47.2 Å². The summed E-state index contributed by atoms with van der Waals surface area (Å²) in [5, 5.41) is 0. The van der Waals surface area contributed by atoms with Crippen LogP contribution in [0.5, 0.6) is 0 Å². The molecular weight excluding hydrogens is 158 g/mol. The maximum atomic E-state index is 3.72. The van der Waals surface area contributed by atoms with Gasteiger partial charge in [0.05, 0.1) is 0 Å². The van der Waals surface area contributed by atoms with E-state index in [0.717, 1.165) is 6.42 Å². The van der Waals surface area contributed by atoms with Gasteiger partial charge in [0.2, 0.25) is 0 Å². The number of hydrogen-bond acceptors (Lipinski definition) is 1. The molecule has 0 aliphatic heterocycles. The molecule has 0 fully saturated rings. The molecule has 1 rings (SSSR count). The molecule has 0 saturated carbocycles. The van der Waals surface area contributed by atoms with Crippen molar-refractivity contribution >= 4 is 6.72 Å². The average Bonchev–Trinajstić information content (AvgIpc) is 2.26. The summed E-state index contributed by atoms with van der Waals surface area (Å²) in [5.41, 5.74) is 3.94. The van der Waals surface area contributed by atoms with Crippen molar-refractivity contribution in [3.63, 3.8) is 0 Å². The molecule has 1 aliphatic carbocycles. The maximum Gasteiger partial charge on any atom is 0.0266 e. The van der Waals surface area contributed by atoms with Crippen molar-refractivity contribution in [2.75, 3.05) is 0 Å². The zero-order chi connectivity index (χ0) is 9.68. The fraction of sp³-hybridized carbons (Fsp3) is 0.250. The Labute approximate surface area is 79.9 Å². The van der Waals surface area contributed by atoms with Gasteiger partial charge in [-0.05, 0) is 44.2 Å². The highest BCUT2D eigenvalue weighted by atomic mass is 14.6. The first-order valence-electron chi connectivity index (χ1n) is 4.41. The third kappa shape index (κ3) is 2.55. The fourth-order valence-electron chi connectivity index (χ4n) is 1.39. The number of nitrogens with zero attached hydrogens (tertiary/aromatic N) is 1. The van der Waals surface area contributed by atoms with E-state index >= 15 is 0 Å². The summed E-state index contributed by atoms with van der Waals surface area (Å²) in [6.45, 7) is 7.69. The molecule has 0 heterocycles. The molecule has 68 valence electrons. The minimum atomic E-state index is 1.02. The van der Waals surface area contributed by atoms with E-state index in [0.29, 0.717) is 0 Å². The molecule has 1 nitrogen and oxygen atoms in total. The highest BCUT2D eigenvalue weighted by molar-refractivity contribution is 5.46. The van der Waals surface area contributed by atoms with Gasteiger partial charge < -0.3 is 0 Å². The lowest BCUT2D eigenvalue weighted by atomic mass is 10.0. The van der Waals surface area contributed by atoms with Gasteiger partial charge in [0.1, 0.15) is 0 Å². The molecule has 0 spiro atoms. The van der Waals surface area contributed by atoms with Crippen molar-refractivity contribution in [2.24, 2.45) is 4.99 Å². The summed E-state index contributed by atoms with van der Waals surface area (Å²) in [7, 11) is 0. The normalized spacial score (nSPS) is 17.5. The molecule has 0 atom stereocenters. The zero-order valence-electron chi connectivity index (χ0n) is 8.25. The Balaban J connectivity index is 3.01. The van der Waals surface area contributed by atoms with Crippen LogP contribution >= 0.6 is 0 Å². The highest BCUT2D eigenvalue weighted by Crippen LogP contribution is 2.21. The Bertz CT molecular complexity index is 314. The highest BCUT2D eigenvalue weighted by Gasteiger charge is 2.02. The zero-order valence-corrected chi connectivity index (χ0v) is 8.25. The van der Waals surface area contributed by atoms with Gasteiger partial charge in [-0.1, -0.05) is 23.8 Å². The second-order valence-corrected chi connectivity index (χ2v) is 3.17. The molecule has 1 heteroatoms. The Morgan fingerprint density at radius 1 is 1.46 bits per heavy atom. The van der Waals surface area contributed by atoms with E-state index in [4.69, 9.17) is 0 Å². The monoisotopic (exact) mass is 173 g/mol. The Kier molecular flexibility index (Phi) is 3.44. The third-order valence-electron chi connectivity index (χ3n) is 2.14. The molecular formula is C12H15N. The van der Waals surface area contributed by atoms with Gasteiger partial charge in [-0.15, -0.1) is 0 Å². The van der Waals surface area contributed by atoms with Crippen LogP contribution in [0.2, 0.25) is 0 Å². The summed E-state index contributed by atoms with van der Waals surface area (Å²) >= 11 is 0. The van der Waals surface area contributed by atoms with Crippen LogP contribution in [0.1, 0.15) is 20.3 Å². The van der Waals surface area contributed by atoms with E-state index in [9.17, 15) is 0 Å². The van der Waals surface area contributed by atoms with Crippen molar-refractivity contribution < 1.29 is 0 Å². The van der Waals surface area contributed by atoms with Gasteiger partial charge >= 0.3 is 0 Å². The molecule has 1 aliphatic rings. The van der Waals surface area contributed by atoms with Crippen LogP contribution in [0, 0.1) is 0 Å². The van der Waals surface area contributed by atoms with E-state index in [1.165, 1.54) is 16.7 Å². The topological polar surface area (TPSA) is 12.4 Å². The van der Waals surface area contributed by atoms with Crippen LogP contribution in [0.25, 0.3) is 0 Å². The maximum absolute atomic E-state index is 3.72. The van der Waals surface area contributed by atoms with Gasteiger partial charge in [-0.3, -0.25) is 4.99 Å². The molecule has 0 N–H and O–H groups in total. The van der Waals surface area contributed by atoms with E-state index in [1.54, 1.807) is 6.20 Å². The molecule has 0 aromatic carbocycles. The van der Waals surface area contributed by atoms with Crippen LogP contribution < -0.4 is 0 Å². The predicted octanol–water partition coefficient (Wildman–Crippen LogP) is 3.42. The van der Waals surface area contributed by atoms with E-state index < -0.39 is 0 Å². The fourth-order valence-corrected chi connectivity index (χ4v) is 1.39. The Hall–Kier alpha value is -1.37. The molecule has 0 saturated heterocycles. The first kappa shape index (κ1) is 9.72. The number of rotatable bonds is 2. The van der Waals surface area contributed by atoms with E-state index in [1.807, 2.05) is 6.08 Å². The number of aliphatic imine (C=N–C) groups is 1. The van der Waals surface area contributed by atoms with Crippen LogP contribution in [0.4, 0.5) is 0 Å². The predicted molar refractivity (Wildman–Crippen MR) is 58.9 cm³/mol. The Morgan fingerprint density at radius 2 is 2.23 bits per heavy atom. The summed E-state index contributed by atoms with van der Waals surface area (Å²) in [6, 6.07) is 0. The Morgan fingerprint density at radius 3 is 2.92 bits per heavy atom. The summed E-state index contributed by atoms with van der Waals surface area (Å²) < 4.78 is 0. The molecule has 0 amide bonds. The van der Waals surface area contributed by atoms with Crippen molar-refractivity contribution in [1.82, 2.24) is 0 Å².